The van der Waals surface area contributed by atoms with Crippen molar-refractivity contribution in [3.05, 3.63) is 77.4 Å². The molecule has 1 aliphatic rings. The number of piperidine rings is 1. The first-order chi connectivity index (χ1) is 18.4. The smallest absolute Gasteiger partial charge is 0.410 e. The summed E-state index contributed by atoms with van der Waals surface area (Å²) in [6.07, 6.45) is 6.93. The molecule has 2 heterocycles. The van der Waals surface area contributed by atoms with Crippen molar-refractivity contribution >= 4 is 39.7 Å². The van der Waals surface area contributed by atoms with E-state index in [-0.39, 0.29) is 10.7 Å². The Bertz CT molecular complexity index is 1440. The van der Waals surface area contributed by atoms with Crippen LogP contribution in [0.3, 0.4) is 0 Å². The summed E-state index contributed by atoms with van der Waals surface area (Å²) in [5, 5.41) is 2.49. The topological polar surface area (TPSA) is 101 Å². The first-order valence-electron chi connectivity index (χ1n) is 12.8. The second-order valence-electron chi connectivity index (χ2n) is 10.5. The number of aromatic nitrogens is 2. The molecule has 10 heteroatoms. The maximum Gasteiger partial charge on any atom is 0.410 e. The Labute approximate surface area is 228 Å². The Kier molecular flexibility index (Phi) is 8.34. The van der Waals surface area contributed by atoms with Gasteiger partial charge in [0.15, 0.2) is 9.84 Å². The van der Waals surface area contributed by atoms with Crippen molar-refractivity contribution in [3.63, 3.8) is 0 Å². The van der Waals surface area contributed by atoms with Crippen molar-refractivity contribution in [1.82, 2.24) is 14.9 Å². The second-order valence-corrected chi connectivity index (χ2v) is 12.7. The number of hydrogen-bond donors (Lipinski definition) is 1. The van der Waals surface area contributed by atoms with E-state index in [1.54, 1.807) is 99.6 Å². The van der Waals surface area contributed by atoms with Gasteiger partial charge in [-0.2, -0.15) is 0 Å². The third kappa shape index (κ3) is 7.20. The molecule has 0 bridgehead atoms. The number of nitrogens with zero attached hydrogens (tertiary/aromatic N) is 3. The van der Waals surface area contributed by atoms with E-state index in [4.69, 9.17) is 4.74 Å². The molecular formula is C29H33FN4O4S. The van der Waals surface area contributed by atoms with Gasteiger partial charge < -0.3 is 15.0 Å². The molecule has 1 aliphatic heterocycles. The first-order valence-corrected chi connectivity index (χ1v) is 14.3. The summed E-state index contributed by atoms with van der Waals surface area (Å²) < 4.78 is 45.9. The zero-order valence-electron chi connectivity index (χ0n) is 22.5. The number of rotatable bonds is 6. The van der Waals surface area contributed by atoms with Crippen LogP contribution in [-0.2, 0) is 14.6 Å². The van der Waals surface area contributed by atoms with E-state index >= 15 is 0 Å². The molecule has 1 N–H and O–H groups in total. The number of ether oxygens (including phenoxy) is 1. The Morgan fingerprint density at radius 1 is 1.05 bits per heavy atom. The zero-order chi connectivity index (χ0) is 28.2. The highest BCUT2D eigenvalue weighted by atomic mass is 32.2. The van der Waals surface area contributed by atoms with Crippen LogP contribution in [-0.4, -0.2) is 53.3 Å². The molecule has 3 aromatic rings. The van der Waals surface area contributed by atoms with Gasteiger partial charge in [0.2, 0.25) is 5.95 Å². The number of likely N-dealkylation sites (tertiary alicyclic amines) is 1. The van der Waals surface area contributed by atoms with E-state index in [1.807, 2.05) is 0 Å². The van der Waals surface area contributed by atoms with E-state index in [9.17, 15) is 17.6 Å². The molecule has 0 aliphatic carbocycles. The van der Waals surface area contributed by atoms with E-state index in [1.165, 1.54) is 0 Å². The van der Waals surface area contributed by atoms with Gasteiger partial charge in [0.25, 0.3) is 0 Å². The fraction of sp³-hybridized carbons (Fsp3) is 0.345. The number of amides is 1. The highest BCUT2D eigenvalue weighted by Crippen LogP contribution is 2.27. The maximum atomic E-state index is 14.2. The van der Waals surface area contributed by atoms with Gasteiger partial charge in [-0.1, -0.05) is 30.4 Å². The van der Waals surface area contributed by atoms with Crippen molar-refractivity contribution in [2.75, 3.05) is 18.4 Å². The molecular weight excluding hydrogens is 519 g/mol. The van der Waals surface area contributed by atoms with E-state index in [0.717, 1.165) is 0 Å². The van der Waals surface area contributed by atoms with Gasteiger partial charge in [0, 0.05) is 42.3 Å². The van der Waals surface area contributed by atoms with E-state index in [0.29, 0.717) is 54.3 Å². The quantitative estimate of drug-likeness (QED) is 0.400. The normalized spacial score (nSPS) is 14.9. The van der Waals surface area contributed by atoms with Crippen LogP contribution in [0.4, 0.5) is 20.8 Å². The van der Waals surface area contributed by atoms with Gasteiger partial charge in [0.1, 0.15) is 11.4 Å². The number of anilines is 2. The minimum absolute atomic E-state index is 0.230. The maximum absolute atomic E-state index is 14.2. The van der Waals surface area contributed by atoms with Gasteiger partial charge in [-0.25, -0.2) is 27.6 Å². The van der Waals surface area contributed by atoms with Crippen LogP contribution in [0.1, 0.15) is 50.3 Å². The molecule has 4 rings (SSSR count). The Balaban J connectivity index is 1.34. The summed E-state index contributed by atoms with van der Waals surface area (Å²) in [7, 11) is -3.55. The number of sulfone groups is 1. The molecule has 0 spiro atoms. The van der Waals surface area contributed by atoms with Crippen LogP contribution in [0.25, 0.3) is 12.2 Å². The summed E-state index contributed by atoms with van der Waals surface area (Å²) in [6, 6.07) is 11.7. The minimum atomic E-state index is -3.55. The summed E-state index contributed by atoms with van der Waals surface area (Å²) in [5.74, 6) is 0.0867. The third-order valence-corrected chi connectivity index (χ3v) is 8.60. The number of halogens is 1. The number of aryl methyl sites for hydroxylation is 1. The zero-order valence-corrected chi connectivity index (χ0v) is 23.3. The molecule has 2 aromatic carbocycles. The average molecular weight is 553 g/mol. The lowest BCUT2D eigenvalue weighted by atomic mass is 10.1. The standard InChI is InChI=1S/C29H33FN4O4S/c1-20-6-5-7-22(26(20)30)9-8-21-18-31-27(32-19-21)33-23-10-12-24(13-11-23)39(36,37)25-14-16-34(17-15-25)28(35)38-29(2,3)4/h5-13,18-19,25H,14-17H2,1-4H3,(H,31,32,33)/b9-8+. The predicted octanol–water partition coefficient (Wildman–Crippen LogP) is 6.01. The molecule has 0 radical (unpaired) electrons. The molecule has 8 nitrogen and oxygen atoms in total. The van der Waals surface area contributed by atoms with Crippen molar-refractivity contribution in [1.29, 1.82) is 0 Å². The summed E-state index contributed by atoms with van der Waals surface area (Å²) in [6.45, 7) is 7.79. The number of carbonyl (C=O) groups is 1. The average Bonchev–Trinajstić information content (AvgIpc) is 2.90. The summed E-state index contributed by atoms with van der Waals surface area (Å²) >= 11 is 0. The highest BCUT2D eigenvalue weighted by Gasteiger charge is 2.34. The van der Waals surface area contributed by atoms with E-state index in [2.05, 4.69) is 15.3 Å². The minimum Gasteiger partial charge on any atom is -0.444 e. The van der Waals surface area contributed by atoms with Crippen LogP contribution in [0.15, 0.2) is 59.8 Å². The van der Waals surface area contributed by atoms with Crippen LogP contribution in [0.2, 0.25) is 0 Å². The molecule has 0 unspecified atom stereocenters. The third-order valence-electron chi connectivity index (χ3n) is 6.32. The molecule has 206 valence electrons. The second kappa shape index (κ2) is 11.5. The van der Waals surface area contributed by atoms with Crippen molar-refractivity contribution < 1.29 is 22.3 Å². The fourth-order valence-corrected chi connectivity index (χ4v) is 5.93. The number of hydrogen-bond acceptors (Lipinski definition) is 7. The van der Waals surface area contributed by atoms with Gasteiger partial charge in [-0.05, 0) is 70.4 Å². The molecule has 1 aromatic heterocycles. The lowest BCUT2D eigenvalue weighted by molar-refractivity contribution is 0.0217. The van der Waals surface area contributed by atoms with Crippen molar-refractivity contribution in [3.8, 4) is 0 Å². The Morgan fingerprint density at radius 3 is 2.31 bits per heavy atom. The van der Waals surface area contributed by atoms with E-state index < -0.39 is 26.8 Å². The number of carbonyl (C=O) groups excluding carboxylic acids is 1. The summed E-state index contributed by atoms with van der Waals surface area (Å²) in [4.78, 5) is 22.6. The predicted molar refractivity (Wildman–Crippen MR) is 150 cm³/mol. The van der Waals surface area contributed by atoms with Crippen LogP contribution >= 0.6 is 0 Å². The lowest BCUT2D eigenvalue weighted by Crippen LogP contribution is -2.44. The number of benzene rings is 2. The largest absolute Gasteiger partial charge is 0.444 e. The summed E-state index contributed by atoms with van der Waals surface area (Å²) in [5.41, 5.74) is 1.82. The molecule has 0 atom stereocenters. The van der Waals surface area contributed by atoms with Crippen molar-refractivity contribution in [2.24, 2.45) is 0 Å². The van der Waals surface area contributed by atoms with Crippen LogP contribution < -0.4 is 5.32 Å². The van der Waals surface area contributed by atoms with Crippen LogP contribution in [0.5, 0.6) is 0 Å². The SMILES string of the molecule is Cc1cccc(/C=C/c2cnc(Nc3ccc(S(=O)(=O)C4CCN(C(=O)OC(C)(C)C)CC4)cc3)nc2)c1F. The van der Waals surface area contributed by atoms with Gasteiger partial charge >= 0.3 is 6.09 Å². The first kappa shape index (κ1) is 28.2. The van der Waals surface area contributed by atoms with Crippen LogP contribution in [0, 0.1) is 12.7 Å². The molecule has 1 amide bonds. The molecule has 39 heavy (non-hydrogen) atoms. The molecule has 1 saturated heterocycles. The van der Waals surface area contributed by atoms with Gasteiger partial charge in [0.05, 0.1) is 10.1 Å². The molecule has 0 saturated carbocycles. The highest BCUT2D eigenvalue weighted by molar-refractivity contribution is 7.92. The van der Waals surface area contributed by atoms with Gasteiger partial charge in [-0.3, -0.25) is 0 Å². The fourth-order valence-electron chi connectivity index (χ4n) is 4.20. The lowest BCUT2D eigenvalue weighted by Gasteiger charge is -2.33. The van der Waals surface area contributed by atoms with Crippen molar-refractivity contribution in [2.45, 2.75) is 56.3 Å². The Morgan fingerprint density at radius 2 is 1.69 bits per heavy atom. The molecule has 1 fully saturated rings. The van der Waals surface area contributed by atoms with Gasteiger partial charge in [-0.15, -0.1) is 0 Å². The Hall–Kier alpha value is -3.79. The number of nitrogens with one attached hydrogen (secondary N) is 1. The monoisotopic (exact) mass is 552 g/mol.